The monoisotopic (exact) mass is 268 g/mol. The standard InChI is InChI=1S/C17H20N2O/c1-2-20-17-10-14(18)9-16(11-17)19-15-7-6-12-4-3-5-13(12)8-15/h6-11,19H,2-5,18H2,1H3. The lowest BCUT2D eigenvalue weighted by molar-refractivity contribution is 0.340. The minimum atomic E-state index is 0.641. The van der Waals surface area contributed by atoms with Crippen molar-refractivity contribution in [3.63, 3.8) is 0 Å². The van der Waals surface area contributed by atoms with Crippen molar-refractivity contribution >= 4 is 17.1 Å². The maximum absolute atomic E-state index is 5.91. The molecule has 20 heavy (non-hydrogen) atoms. The number of anilines is 3. The molecule has 0 spiro atoms. The van der Waals surface area contributed by atoms with E-state index in [2.05, 4.69) is 23.5 Å². The van der Waals surface area contributed by atoms with Crippen LogP contribution in [-0.2, 0) is 12.8 Å². The Morgan fingerprint density at radius 2 is 1.90 bits per heavy atom. The number of nitrogen functional groups attached to an aromatic ring is 1. The summed E-state index contributed by atoms with van der Waals surface area (Å²) in [6.45, 7) is 2.61. The van der Waals surface area contributed by atoms with Gasteiger partial charge in [0, 0.05) is 29.2 Å². The molecule has 0 aromatic heterocycles. The van der Waals surface area contributed by atoms with E-state index in [1.54, 1.807) is 0 Å². The third-order valence-electron chi connectivity index (χ3n) is 3.63. The number of nitrogens with one attached hydrogen (secondary N) is 1. The topological polar surface area (TPSA) is 47.3 Å². The second-order valence-electron chi connectivity index (χ2n) is 5.19. The molecular weight excluding hydrogens is 248 g/mol. The van der Waals surface area contributed by atoms with E-state index in [0.29, 0.717) is 12.3 Å². The van der Waals surface area contributed by atoms with Gasteiger partial charge in [0.05, 0.1) is 6.61 Å². The molecule has 2 aromatic carbocycles. The summed E-state index contributed by atoms with van der Waals surface area (Å²) < 4.78 is 5.52. The number of nitrogens with two attached hydrogens (primary N) is 1. The van der Waals surface area contributed by atoms with Crippen LogP contribution in [0.3, 0.4) is 0 Å². The van der Waals surface area contributed by atoms with E-state index in [-0.39, 0.29) is 0 Å². The molecule has 0 saturated heterocycles. The molecule has 104 valence electrons. The van der Waals surface area contributed by atoms with Crippen molar-refractivity contribution in [2.45, 2.75) is 26.2 Å². The Labute approximate surface area is 119 Å². The Balaban J connectivity index is 1.83. The molecular formula is C17H20N2O. The lowest BCUT2D eigenvalue weighted by Crippen LogP contribution is -1.97. The lowest BCUT2D eigenvalue weighted by Gasteiger charge is -2.11. The van der Waals surface area contributed by atoms with Crippen LogP contribution >= 0.6 is 0 Å². The van der Waals surface area contributed by atoms with E-state index in [0.717, 1.165) is 17.1 Å². The molecule has 3 N–H and O–H groups in total. The summed E-state index contributed by atoms with van der Waals surface area (Å²) in [5, 5.41) is 3.41. The molecule has 0 bridgehead atoms. The highest BCUT2D eigenvalue weighted by molar-refractivity contribution is 5.67. The van der Waals surface area contributed by atoms with Gasteiger partial charge in [-0.2, -0.15) is 0 Å². The van der Waals surface area contributed by atoms with Crippen LogP contribution in [0.2, 0.25) is 0 Å². The fraction of sp³-hybridized carbons (Fsp3) is 0.294. The average molecular weight is 268 g/mol. The Hall–Kier alpha value is -2.16. The fourth-order valence-electron chi connectivity index (χ4n) is 2.76. The van der Waals surface area contributed by atoms with Gasteiger partial charge in [-0.15, -0.1) is 0 Å². The zero-order valence-electron chi connectivity index (χ0n) is 11.8. The van der Waals surface area contributed by atoms with Crippen LogP contribution in [0.4, 0.5) is 17.1 Å². The summed E-state index contributed by atoms with van der Waals surface area (Å²) in [5.41, 5.74) is 11.6. The minimum Gasteiger partial charge on any atom is -0.494 e. The molecule has 0 heterocycles. The summed E-state index contributed by atoms with van der Waals surface area (Å²) >= 11 is 0. The zero-order valence-corrected chi connectivity index (χ0v) is 11.8. The average Bonchev–Trinajstić information content (AvgIpc) is 2.85. The van der Waals surface area contributed by atoms with Crippen molar-refractivity contribution in [2.75, 3.05) is 17.7 Å². The molecule has 1 aliphatic carbocycles. The summed E-state index contributed by atoms with van der Waals surface area (Å²) in [6.07, 6.45) is 3.67. The summed E-state index contributed by atoms with van der Waals surface area (Å²) in [6, 6.07) is 12.3. The largest absolute Gasteiger partial charge is 0.494 e. The van der Waals surface area contributed by atoms with Gasteiger partial charge in [-0.25, -0.2) is 0 Å². The second-order valence-corrected chi connectivity index (χ2v) is 5.19. The van der Waals surface area contributed by atoms with Crippen LogP contribution in [0, 0.1) is 0 Å². The van der Waals surface area contributed by atoms with Gasteiger partial charge >= 0.3 is 0 Å². The van der Waals surface area contributed by atoms with Crippen LogP contribution < -0.4 is 15.8 Å². The molecule has 0 fully saturated rings. The highest BCUT2D eigenvalue weighted by atomic mass is 16.5. The lowest BCUT2D eigenvalue weighted by atomic mass is 10.1. The van der Waals surface area contributed by atoms with Gasteiger partial charge < -0.3 is 15.8 Å². The van der Waals surface area contributed by atoms with Crippen LogP contribution in [0.5, 0.6) is 5.75 Å². The third kappa shape index (κ3) is 2.72. The Kier molecular flexibility index (Phi) is 3.50. The fourth-order valence-corrected chi connectivity index (χ4v) is 2.76. The molecule has 0 aliphatic heterocycles. The third-order valence-corrected chi connectivity index (χ3v) is 3.63. The number of hydrogen-bond donors (Lipinski definition) is 2. The van der Waals surface area contributed by atoms with Crippen LogP contribution in [0.1, 0.15) is 24.5 Å². The second kappa shape index (κ2) is 5.45. The van der Waals surface area contributed by atoms with Gasteiger partial charge in [0.1, 0.15) is 5.75 Å². The van der Waals surface area contributed by atoms with Gasteiger partial charge in [-0.05, 0) is 55.5 Å². The quantitative estimate of drug-likeness (QED) is 0.827. The molecule has 0 atom stereocenters. The van der Waals surface area contributed by atoms with Crippen molar-refractivity contribution in [1.82, 2.24) is 0 Å². The smallest absolute Gasteiger partial charge is 0.123 e. The van der Waals surface area contributed by atoms with E-state index in [9.17, 15) is 0 Å². The molecule has 0 radical (unpaired) electrons. The SMILES string of the molecule is CCOc1cc(N)cc(Nc2ccc3c(c2)CCC3)c1. The first-order valence-corrected chi connectivity index (χ1v) is 7.17. The normalized spacial score (nSPS) is 13.1. The van der Waals surface area contributed by atoms with E-state index in [4.69, 9.17) is 10.5 Å². The summed E-state index contributed by atoms with van der Waals surface area (Å²) in [4.78, 5) is 0. The van der Waals surface area contributed by atoms with Crippen LogP contribution in [0.25, 0.3) is 0 Å². The number of benzene rings is 2. The minimum absolute atomic E-state index is 0.641. The van der Waals surface area contributed by atoms with Gasteiger partial charge in [0.25, 0.3) is 0 Å². The Bertz CT molecular complexity index is 622. The van der Waals surface area contributed by atoms with Gasteiger partial charge in [-0.1, -0.05) is 6.07 Å². The van der Waals surface area contributed by atoms with Crippen molar-refractivity contribution in [1.29, 1.82) is 0 Å². The van der Waals surface area contributed by atoms with Crippen molar-refractivity contribution in [3.05, 3.63) is 47.5 Å². The molecule has 0 amide bonds. The van der Waals surface area contributed by atoms with Crippen LogP contribution in [-0.4, -0.2) is 6.61 Å². The number of hydrogen-bond acceptors (Lipinski definition) is 3. The number of ether oxygens (including phenoxy) is 1. The Morgan fingerprint density at radius 3 is 2.75 bits per heavy atom. The predicted molar refractivity (Wildman–Crippen MR) is 83.8 cm³/mol. The highest BCUT2D eigenvalue weighted by Crippen LogP contribution is 2.29. The first-order chi connectivity index (χ1) is 9.74. The van der Waals surface area contributed by atoms with E-state index < -0.39 is 0 Å². The van der Waals surface area contributed by atoms with E-state index in [1.807, 2.05) is 25.1 Å². The zero-order chi connectivity index (χ0) is 13.9. The molecule has 2 aromatic rings. The molecule has 3 nitrogen and oxygen atoms in total. The van der Waals surface area contributed by atoms with Gasteiger partial charge in [0.2, 0.25) is 0 Å². The highest BCUT2D eigenvalue weighted by Gasteiger charge is 2.11. The van der Waals surface area contributed by atoms with E-state index >= 15 is 0 Å². The maximum Gasteiger partial charge on any atom is 0.123 e. The van der Waals surface area contributed by atoms with Gasteiger partial charge in [0.15, 0.2) is 0 Å². The molecule has 0 saturated carbocycles. The summed E-state index contributed by atoms with van der Waals surface area (Å²) in [5.74, 6) is 0.802. The van der Waals surface area contributed by atoms with Crippen LogP contribution in [0.15, 0.2) is 36.4 Å². The van der Waals surface area contributed by atoms with Crippen molar-refractivity contribution < 1.29 is 4.74 Å². The number of rotatable bonds is 4. The van der Waals surface area contributed by atoms with E-state index in [1.165, 1.54) is 30.4 Å². The first-order valence-electron chi connectivity index (χ1n) is 7.17. The summed E-state index contributed by atoms with van der Waals surface area (Å²) in [7, 11) is 0. The number of aryl methyl sites for hydroxylation is 2. The molecule has 3 heteroatoms. The maximum atomic E-state index is 5.91. The number of fused-ring (bicyclic) bond motifs is 1. The first kappa shape index (κ1) is 12.9. The molecule has 0 unspecified atom stereocenters. The van der Waals surface area contributed by atoms with Crippen molar-refractivity contribution in [3.8, 4) is 5.75 Å². The molecule has 1 aliphatic rings. The predicted octanol–water partition coefficient (Wildman–Crippen LogP) is 3.90. The molecule has 3 rings (SSSR count). The van der Waals surface area contributed by atoms with Gasteiger partial charge in [-0.3, -0.25) is 0 Å². The van der Waals surface area contributed by atoms with Crippen molar-refractivity contribution in [2.24, 2.45) is 0 Å². The Morgan fingerprint density at radius 1 is 1.05 bits per heavy atom.